The topological polar surface area (TPSA) is 62.5 Å². The minimum absolute atomic E-state index is 0.0380. The Morgan fingerprint density at radius 1 is 1.26 bits per heavy atom. The Balaban J connectivity index is 1.85. The molecule has 2 N–H and O–H groups in total. The maximum atomic E-state index is 12.1. The summed E-state index contributed by atoms with van der Waals surface area (Å²) in [5, 5.41) is 0. The van der Waals surface area contributed by atoms with Gasteiger partial charge in [0.25, 0.3) is 0 Å². The summed E-state index contributed by atoms with van der Waals surface area (Å²) < 4.78 is 0. The zero-order chi connectivity index (χ0) is 13.9. The molecule has 1 aromatic heterocycles. The third-order valence-corrected chi connectivity index (χ3v) is 3.37. The molecule has 1 amide bonds. The van der Waals surface area contributed by atoms with Crippen LogP contribution in [0.4, 0.5) is 0 Å². The highest BCUT2D eigenvalue weighted by molar-refractivity contribution is 5.85. The molecule has 0 saturated carbocycles. The Labute approximate surface area is 114 Å². The lowest BCUT2D eigenvalue weighted by molar-refractivity contribution is -0.137. The molecule has 5 heteroatoms. The fourth-order valence-electron chi connectivity index (χ4n) is 2.26. The van der Waals surface area contributed by atoms with Crippen LogP contribution in [0.25, 0.3) is 0 Å². The Bertz CT molecular complexity index is 419. The summed E-state index contributed by atoms with van der Waals surface area (Å²) in [4.78, 5) is 20.3. The summed E-state index contributed by atoms with van der Waals surface area (Å²) in [5.74, 6) is 0.0380. The molecule has 0 unspecified atom stereocenters. The van der Waals surface area contributed by atoms with Crippen molar-refractivity contribution in [2.24, 2.45) is 5.73 Å². The van der Waals surface area contributed by atoms with Gasteiger partial charge in [0.15, 0.2) is 0 Å². The zero-order valence-corrected chi connectivity index (χ0v) is 11.7. The minimum atomic E-state index is -0.771. The summed E-state index contributed by atoms with van der Waals surface area (Å²) in [7, 11) is 0. The van der Waals surface area contributed by atoms with Gasteiger partial charge in [-0.15, -0.1) is 0 Å². The molecule has 1 aromatic rings. The lowest BCUT2D eigenvalue weighted by Crippen LogP contribution is -2.56. The van der Waals surface area contributed by atoms with E-state index < -0.39 is 5.54 Å². The van der Waals surface area contributed by atoms with Crippen molar-refractivity contribution < 1.29 is 4.79 Å². The third kappa shape index (κ3) is 3.75. The molecule has 0 spiro atoms. The van der Waals surface area contributed by atoms with Gasteiger partial charge in [-0.2, -0.15) is 0 Å². The second-order valence-electron chi connectivity index (χ2n) is 5.65. The molecule has 104 valence electrons. The van der Waals surface area contributed by atoms with Gasteiger partial charge in [0.1, 0.15) is 0 Å². The van der Waals surface area contributed by atoms with Crippen LogP contribution in [0.15, 0.2) is 24.5 Å². The molecule has 1 aliphatic heterocycles. The first-order valence-electron chi connectivity index (χ1n) is 6.66. The summed E-state index contributed by atoms with van der Waals surface area (Å²) >= 11 is 0. The molecule has 1 fully saturated rings. The maximum Gasteiger partial charge on any atom is 0.242 e. The van der Waals surface area contributed by atoms with Crippen molar-refractivity contribution in [1.82, 2.24) is 14.8 Å². The predicted molar refractivity (Wildman–Crippen MR) is 74.4 cm³/mol. The number of amides is 1. The first-order valence-corrected chi connectivity index (χ1v) is 6.66. The Morgan fingerprint density at radius 2 is 1.84 bits per heavy atom. The molecule has 0 aliphatic carbocycles. The van der Waals surface area contributed by atoms with Gasteiger partial charge >= 0.3 is 0 Å². The van der Waals surface area contributed by atoms with E-state index in [4.69, 9.17) is 5.73 Å². The van der Waals surface area contributed by atoms with Crippen LogP contribution in [0.1, 0.15) is 19.4 Å². The number of hydrogen-bond acceptors (Lipinski definition) is 4. The van der Waals surface area contributed by atoms with Crippen LogP contribution in [-0.2, 0) is 11.3 Å². The highest BCUT2D eigenvalue weighted by atomic mass is 16.2. The number of hydrogen-bond donors (Lipinski definition) is 1. The van der Waals surface area contributed by atoms with E-state index in [2.05, 4.69) is 9.88 Å². The monoisotopic (exact) mass is 262 g/mol. The molecular weight excluding hydrogens is 240 g/mol. The Hall–Kier alpha value is -1.46. The first-order chi connectivity index (χ1) is 8.97. The van der Waals surface area contributed by atoms with Crippen molar-refractivity contribution in [3.05, 3.63) is 30.1 Å². The summed E-state index contributed by atoms with van der Waals surface area (Å²) in [6.45, 7) is 7.73. The number of carbonyl (C=O) groups is 1. The van der Waals surface area contributed by atoms with Crippen LogP contribution in [0, 0.1) is 0 Å². The van der Waals surface area contributed by atoms with Crippen LogP contribution in [-0.4, -0.2) is 52.4 Å². The molecule has 2 heterocycles. The Kier molecular flexibility index (Phi) is 4.17. The van der Waals surface area contributed by atoms with E-state index in [1.807, 2.05) is 29.4 Å². The Morgan fingerprint density at radius 3 is 2.37 bits per heavy atom. The molecule has 2 rings (SSSR count). The van der Waals surface area contributed by atoms with Crippen molar-refractivity contribution in [2.75, 3.05) is 26.2 Å². The van der Waals surface area contributed by atoms with Crippen LogP contribution < -0.4 is 5.73 Å². The number of pyridine rings is 1. The van der Waals surface area contributed by atoms with Crippen LogP contribution in [0.2, 0.25) is 0 Å². The van der Waals surface area contributed by atoms with Crippen molar-refractivity contribution in [3.63, 3.8) is 0 Å². The van der Waals surface area contributed by atoms with Gasteiger partial charge in [0, 0.05) is 45.1 Å². The summed E-state index contributed by atoms with van der Waals surface area (Å²) in [6, 6.07) is 4.06. The summed E-state index contributed by atoms with van der Waals surface area (Å²) in [5.41, 5.74) is 6.34. The molecule has 1 aliphatic rings. The molecule has 0 aromatic carbocycles. The van der Waals surface area contributed by atoms with Crippen molar-refractivity contribution >= 4 is 5.91 Å². The largest absolute Gasteiger partial charge is 0.339 e. The predicted octanol–water partition coefficient (Wildman–Crippen LogP) is 0.463. The van der Waals surface area contributed by atoms with Gasteiger partial charge in [-0.1, -0.05) is 0 Å². The van der Waals surface area contributed by atoms with E-state index in [1.54, 1.807) is 13.8 Å². The average molecular weight is 262 g/mol. The maximum absolute atomic E-state index is 12.1. The van der Waals surface area contributed by atoms with E-state index in [9.17, 15) is 4.79 Å². The fraction of sp³-hybridized carbons (Fsp3) is 0.571. The van der Waals surface area contributed by atoms with Crippen LogP contribution in [0.5, 0.6) is 0 Å². The standard InChI is InChI=1S/C14H22N4O/c1-14(2,15)13(19)18-9-7-17(8-10-18)11-12-3-5-16-6-4-12/h3-6H,7-11,15H2,1-2H3. The SMILES string of the molecule is CC(C)(N)C(=O)N1CCN(Cc2ccncc2)CC1. The number of nitrogens with zero attached hydrogens (tertiary/aromatic N) is 3. The molecular formula is C14H22N4O. The van der Waals surface area contributed by atoms with Crippen LogP contribution in [0.3, 0.4) is 0 Å². The molecule has 0 radical (unpaired) electrons. The smallest absolute Gasteiger partial charge is 0.242 e. The van der Waals surface area contributed by atoms with Gasteiger partial charge in [-0.3, -0.25) is 14.7 Å². The first kappa shape index (κ1) is 14.0. The van der Waals surface area contributed by atoms with Crippen molar-refractivity contribution in [3.8, 4) is 0 Å². The normalized spacial score (nSPS) is 17.5. The van der Waals surface area contributed by atoms with E-state index in [0.717, 1.165) is 32.7 Å². The number of aromatic nitrogens is 1. The molecule has 1 saturated heterocycles. The zero-order valence-electron chi connectivity index (χ0n) is 11.7. The molecule has 0 atom stereocenters. The van der Waals surface area contributed by atoms with E-state index in [-0.39, 0.29) is 5.91 Å². The molecule has 19 heavy (non-hydrogen) atoms. The van der Waals surface area contributed by atoms with Gasteiger partial charge in [-0.25, -0.2) is 0 Å². The number of rotatable bonds is 3. The molecule has 0 bridgehead atoms. The highest BCUT2D eigenvalue weighted by Gasteiger charge is 2.30. The lowest BCUT2D eigenvalue weighted by atomic mass is 10.0. The van der Waals surface area contributed by atoms with Crippen molar-refractivity contribution in [2.45, 2.75) is 25.9 Å². The van der Waals surface area contributed by atoms with Gasteiger partial charge in [-0.05, 0) is 31.5 Å². The fourth-order valence-corrected chi connectivity index (χ4v) is 2.26. The summed E-state index contributed by atoms with van der Waals surface area (Å²) in [6.07, 6.45) is 3.62. The van der Waals surface area contributed by atoms with Crippen molar-refractivity contribution in [1.29, 1.82) is 0 Å². The molecule has 5 nitrogen and oxygen atoms in total. The number of nitrogens with two attached hydrogens (primary N) is 1. The van der Waals surface area contributed by atoms with E-state index in [0.29, 0.717) is 0 Å². The highest BCUT2D eigenvalue weighted by Crippen LogP contribution is 2.11. The minimum Gasteiger partial charge on any atom is -0.339 e. The number of piperazine rings is 1. The third-order valence-electron chi connectivity index (χ3n) is 3.37. The second kappa shape index (κ2) is 5.67. The van der Waals surface area contributed by atoms with E-state index in [1.165, 1.54) is 5.56 Å². The number of carbonyl (C=O) groups excluding carboxylic acids is 1. The van der Waals surface area contributed by atoms with Gasteiger partial charge in [0.05, 0.1) is 5.54 Å². The van der Waals surface area contributed by atoms with Gasteiger partial charge < -0.3 is 10.6 Å². The van der Waals surface area contributed by atoms with E-state index >= 15 is 0 Å². The average Bonchev–Trinajstić information content (AvgIpc) is 2.39. The second-order valence-corrected chi connectivity index (χ2v) is 5.65. The quantitative estimate of drug-likeness (QED) is 0.860. The lowest BCUT2D eigenvalue weighted by Gasteiger charge is -2.37. The van der Waals surface area contributed by atoms with Crippen LogP contribution >= 0.6 is 0 Å². The van der Waals surface area contributed by atoms with Gasteiger partial charge in [0.2, 0.25) is 5.91 Å².